The Hall–Kier alpha value is -3.19. The first-order valence-electron chi connectivity index (χ1n) is 10.6. The Kier molecular flexibility index (Phi) is 6.04. The zero-order valence-electron chi connectivity index (χ0n) is 17.5. The summed E-state index contributed by atoms with van der Waals surface area (Å²) in [6, 6.07) is 13.3. The number of piperidine rings is 1. The Morgan fingerprint density at radius 2 is 1.90 bits per heavy atom. The second kappa shape index (κ2) is 8.89. The maximum Gasteiger partial charge on any atom is 0.341 e. The van der Waals surface area contributed by atoms with Crippen molar-refractivity contribution in [1.82, 2.24) is 9.47 Å². The molecule has 0 radical (unpaired) electrons. The first-order chi connectivity index (χ1) is 15.0. The zero-order valence-corrected chi connectivity index (χ0v) is 17.5. The minimum atomic E-state index is -1.31. The molecule has 2 heterocycles. The molecule has 0 spiro atoms. The molecule has 1 aromatic heterocycles. The lowest BCUT2D eigenvalue weighted by molar-refractivity contribution is 0.0695. The van der Waals surface area contributed by atoms with E-state index in [-0.39, 0.29) is 17.0 Å². The molecule has 0 amide bonds. The number of pyridine rings is 1. The van der Waals surface area contributed by atoms with Gasteiger partial charge in [-0.25, -0.2) is 9.18 Å². The van der Waals surface area contributed by atoms with Crippen LogP contribution in [0.5, 0.6) is 0 Å². The van der Waals surface area contributed by atoms with E-state index in [0.717, 1.165) is 38.5 Å². The number of carboxylic acids is 1. The highest BCUT2D eigenvalue weighted by Gasteiger charge is 2.21. The summed E-state index contributed by atoms with van der Waals surface area (Å²) in [4.78, 5) is 26.3. The predicted molar refractivity (Wildman–Crippen MR) is 119 cm³/mol. The van der Waals surface area contributed by atoms with Gasteiger partial charge in [0, 0.05) is 43.8 Å². The number of fused-ring (bicyclic) bond motifs is 1. The van der Waals surface area contributed by atoms with E-state index in [4.69, 9.17) is 0 Å². The van der Waals surface area contributed by atoms with E-state index in [1.807, 2.05) is 25.1 Å². The lowest BCUT2D eigenvalue weighted by Gasteiger charge is -2.33. The number of likely N-dealkylation sites (tertiary alicyclic amines) is 1. The number of hydrogen-bond donors (Lipinski definition) is 2. The lowest BCUT2D eigenvalue weighted by atomic mass is 10.0. The number of aryl methyl sites for hydroxylation is 1. The highest BCUT2D eigenvalue weighted by Crippen LogP contribution is 2.25. The second-order valence-electron chi connectivity index (χ2n) is 7.99. The third-order valence-electron chi connectivity index (χ3n) is 5.94. The number of hydrogen-bond acceptors (Lipinski definition) is 4. The summed E-state index contributed by atoms with van der Waals surface area (Å²) in [5.41, 5.74) is 1.15. The number of anilines is 1. The van der Waals surface area contributed by atoms with Crippen LogP contribution >= 0.6 is 0 Å². The molecular weight excluding hydrogens is 397 g/mol. The number of carboxylic acid groups (broad SMARTS) is 1. The normalized spacial score (nSPS) is 15.3. The Morgan fingerprint density at radius 3 is 2.55 bits per heavy atom. The van der Waals surface area contributed by atoms with Gasteiger partial charge in [-0.15, -0.1) is 0 Å². The molecule has 2 N–H and O–H groups in total. The van der Waals surface area contributed by atoms with Crippen molar-refractivity contribution in [1.29, 1.82) is 0 Å². The van der Waals surface area contributed by atoms with Gasteiger partial charge in [-0.2, -0.15) is 0 Å². The number of nitrogens with one attached hydrogen (secondary N) is 1. The molecule has 3 aromatic rings. The fraction of sp³-hybridized carbons (Fsp3) is 0.333. The van der Waals surface area contributed by atoms with Crippen molar-refractivity contribution < 1.29 is 14.3 Å². The topological polar surface area (TPSA) is 74.6 Å². The van der Waals surface area contributed by atoms with Crippen LogP contribution in [0.3, 0.4) is 0 Å². The van der Waals surface area contributed by atoms with Crippen molar-refractivity contribution in [2.24, 2.45) is 0 Å². The first-order valence-corrected chi connectivity index (χ1v) is 10.6. The maximum atomic E-state index is 14.8. The van der Waals surface area contributed by atoms with Gasteiger partial charge in [0.05, 0.1) is 11.2 Å². The predicted octanol–water partition coefficient (Wildman–Crippen LogP) is 3.94. The van der Waals surface area contributed by atoms with Crippen LogP contribution in [0.15, 0.2) is 53.5 Å². The summed E-state index contributed by atoms with van der Waals surface area (Å²) >= 11 is 0. The molecule has 7 heteroatoms. The lowest BCUT2D eigenvalue weighted by Crippen LogP contribution is -2.38. The smallest absolute Gasteiger partial charge is 0.341 e. The molecule has 162 valence electrons. The van der Waals surface area contributed by atoms with Gasteiger partial charge in [-0.1, -0.05) is 30.3 Å². The Balaban J connectivity index is 1.51. The van der Waals surface area contributed by atoms with Crippen LogP contribution in [0.25, 0.3) is 10.9 Å². The molecular formula is C24H26FN3O3. The molecule has 1 fully saturated rings. The summed E-state index contributed by atoms with van der Waals surface area (Å²) in [6.07, 6.45) is 3.11. The van der Waals surface area contributed by atoms with Crippen LogP contribution in [-0.4, -0.2) is 39.7 Å². The van der Waals surface area contributed by atoms with Crippen LogP contribution < -0.4 is 10.7 Å². The van der Waals surface area contributed by atoms with Crippen LogP contribution in [0.2, 0.25) is 0 Å². The van der Waals surface area contributed by atoms with Gasteiger partial charge in [-0.3, -0.25) is 9.69 Å². The molecule has 1 saturated heterocycles. The molecule has 0 unspecified atom stereocenters. The molecule has 0 saturated carbocycles. The van der Waals surface area contributed by atoms with E-state index in [1.54, 1.807) is 10.6 Å². The Morgan fingerprint density at radius 1 is 1.19 bits per heavy atom. The van der Waals surface area contributed by atoms with E-state index >= 15 is 0 Å². The summed E-state index contributed by atoms with van der Waals surface area (Å²) in [5, 5.41) is 12.7. The van der Waals surface area contributed by atoms with E-state index < -0.39 is 17.2 Å². The third kappa shape index (κ3) is 4.46. The maximum absolute atomic E-state index is 14.8. The van der Waals surface area contributed by atoms with Gasteiger partial charge in [0.15, 0.2) is 0 Å². The van der Waals surface area contributed by atoms with Crippen LogP contribution in [0.1, 0.15) is 35.7 Å². The van der Waals surface area contributed by atoms with Crippen molar-refractivity contribution in [2.75, 3.05) is 18.4 Å². The number of halogens is 1. The van der Waals surface area contributed by atoms with Gasteiger partial charge in [-0.05, 0) is 37.5 Å². The Labute approximate surface area is 179 Å². The minimum absolute atomic E-state index is 0.0856. The van der Waals surface area contributed by atoms with E-state index in [2.05, 4.69) is 22.3 Å². The summed E-state index contributed by atoms with van der Waals surface area (Å²) in [5.74, 6) is -1.85. The fourth-order valence-electron chi connectivity index (χ4n) is 4.23. The van der Waals surface area contributed by atoms with Gasteiger partial charge in [0.25, 0.3) is 0 Å². The second-order valence-corrected chi connectivity index (χ2v) is 7.99. The average molecular weight is 423 g/mol. The number of rotatable bonds is 6. The van der Waals surface area contributed by atoms with Gasteiger partial charge < -0.3 is 15.0 Å². The summed E-state index contributed by atoms with van der Waals surface area (Å²) in [7, 11) is 0. The van der Waals surface area contributed by atoms with E-state index in [1.165, 1.54) is 11.8 Å². The van der Waals surface area contributed by atoms with Gasteiger partial charge in [0.2, 0.25) is 5.43 Å². The molecule has 1 aliphatic rings. The molecule has 2 aromatic carbocycles. The van der Waals surface area contributed by atoms with Gasteiger partial charge in [0.1, 0.15) is 11.4 Å². The minimum Gasteiger partial charge on any atom is -0.477 e. The number of benzene rings is 2. The van der Waals surface area contributed by atoms with Gasteiger partial charge >= 0.3 is 5.97 Å². The van der Waals surface area contributed by atoms with E-state index in [9.17, 15) is 19.1 Å². The molecule has 0 aliphatic carbocycles. The monoisotopic (exact) mass is 423 g/mol. The number of aromatic carboxylic acids is 1. The molecule has 0 bridgehead atoms. The van der Waals surface area contributed by atoms with Crippen molar-refractivity contribution in [3.05, 3.63) is 75.8 Å². The van der Waals surface area contributed by atoms with Crippen molar-refractivity contribution in [3.63, 3.8) is 0 Å². The van der Waals surface area contributed by atoms with E-state index in [0.29, 0.717) is 17.7 Å². The molecule has 1 aliphatic heterocycles. The highest BCUT2D eigenvalue weighted by molar-refractivity contribution is 5.93. The molecule has 0 atom stereocenters. The SMILES string of the molecule is CCn1cc(C(=O)O)c(=O)c2cc(F)c(NC3CCN(Cc4ccccc4)CC3)cc21. The standard InChI is InChI=1S/C24H26FN3O3/c1-2-28-15-19(24(30)31)23(29)18-12-20(25)21(13-22(18)28)26-17-8-10-27(11-9-17)14-16-6-4-3-5-7-16/h3-7,12-13,15,17,26H,2,8-11,14H2,1H3,(H,30,31). The van der Waals surface area contributed by atoms with Crippen molar-refractivity contribution in [2.45, 2.75) is 38.9 Å². The summed E-state index contributed by atoms with van der Waals surface area (Å²) < 4.78 is 16.5. The number of aromatic nitrogens is 1. The number of nitrogens with zero attached hydrogens (tertiary/aromatic N) is 2. The highest BCUT2D eigenvalue weighted by atomic mass is 19.1. The summed E-state index contributed by atoms with van der Waals surface area (Å²) in [6.45, 7) is 5.08. The largest absolute Gasteiger partial charge is 0.477 e. The van der Waals surface area contributed by atoms with Crippen LogP contribution in [0, 0.1) is 5.82 Å². The van der Waals surface area contributed by atoms with Crippen molar-refractivity contribution in [3.8, 4) is 0 Å². The third-order valence-corrected chi connectivity index (χ3v) is 5.94. The zero-order chi connectivity index (χ0) is 22.0. The molecule has 6 nitrogen and oxygen atoms in total. The van der Waals surface area contributed by atoms with Crippen LogP contribution in [-0.2, 0) is 13.1 Å². The molecule has 31 heavy (non-hydrogen) atoms. The first kappa shape index (κ1) is 21.1. The van der Waals surface area contributed by atoms with Crippen LogP contribution in [0.4, 0.5) is 10.1 Å². The molecule has 4 rings (SSSR count). The number of carbonyl (C=O) groups is 1. The quantitative estimate of drug-likeness (QED) is 0.628. The Bertz CT molecular complexity index is 1150. The fourth-order valence-corrected chi connectivity index (χ4v) is 4.23. The van der Waals surface area contributed by atoms with Crippen molar-refractivity contribution >= 4 is 22.6 Å². The average Bonchev–Trinajstić information content (AvgIpc) is 2.77.